The van der Waals surface area contributed by atoms with Gasteiger partial charge < -0.3 is 10.1 Å². The van der Waals surface area contributed by atoms with E-state index in [2.05, 4.69) is 34.3 Å². The number of carbonyl (C=O) groups is 2. The van der Waals surface area contributed by atoms with Gasteiger partial charge in [-0.15, -0.1) is 0 Å². The second-order valence-electron chi connectivity index (χ2n) is 11.3. The maximum atomic E-state index is 12.9. The Bertz CT molecular complexity index is 1060. The molecule has 36 heavy (non-hydrogen) atoms. The van der Waals surface area contributed by atoms with E-state index < -0.39 is 11.7 Å². The van der Waals surface area contributed by atoms with E-state index in [-0.39, 0.29) is 5.91 Å². The highest BCUT2D eigenvalue weighted by Crippen LogP contribution is 2.31. The van der Waals surface area contributed by atoms with Crippen molar-refractivity contribution in [3.63, 3.8) is 0 Å². The van der Waals surface area contributed by atoms with Gasteiger partial charge in [-0.1, -0.05) is 24.3 Å². The number of ether oxygens (including phenoxy) is 1. The molecule has 0 unspecified atom stereocenters. The number of amides is 2. The summed E-state index contributed by atoms with van der Waals surface area (Å²) in [6, 6.07) is 16.0. The number of nitrogens with zero attached hydrogens (tertiary/aromatic N) is 2. The van der Waals surface area contributed by atoms with Crippen LogP contribution in [0.3, 0.4) is 0 Å². The lowest BCUT2D eigenvalue weighted by Crippen LogP contribution is -2.56. The zero-order valence-electron chi connectivity index (χ0n) is 22.2. The first kappa shape index (κ1) is 26.2. The van der Waals surface area contributed by atoms with Crippen molar-refractivity contribution in [3.05, 3.63) is 59.7 Å². The van der Waals surface area contributed by atoms with Crippen LogP contribution in [0.15, 0.2) is 48.5 Å². The molecule has 2 aromatic rings. The van der Waals surface area contributed by atoms with E-state index in [4.69, 9.17) is 4.74 Å². The van der Waals surface area contributed by atoms with Crippen LogP contribution in [0.5, 0.6) is 0 Å². The molecule has 0 bridgehead atoms. The number of hydrogen-bond acceptors (Lipinski definition) is 5. The van der Waals surface area contributed by atoms with Gasteiger partial charge in [0.05, 0.1) is 11.4 Å². The van der Waals surface area contributed by atoms with Crippen LogP contribution in [0.1, 0.15) is 63.4 Å². The Morgan fingerprint density at radius 1 is 0.889 bits per heavy atom. The molecule has 7 nitrogen and oxygen atoms in total. The molecule has 4 rings (SSSR count). The van der Waals surface area contributed by atoms with Crippen LogP contribution in [0, 0.1) is 5.92 Å². The number of rotatable bonds is 7. The number of anilines is 2. The van der Waals surface area contributed by atoms with Gasteiger partial charge in [0.2, 0.25) is 0 Å². The first-order chi connectivity index (χ1) is 17.1. The van der Waals surface area contributed by atoms with Crippen LogP contribution in [0.4, 0.5) is 16.2 Å². The van der Waals surface area contributed by atoms with Crippen LogP contribution in [0.2, 0.25) is 0 Å². The summed E-state index contributed by atoms with van der Waals surface area (Å²) in [4.78, 5) is 30.3. The summed E-state index contributed by atoms with van der Waals surface area (Å²) in [5.74, 6) is 0.695. The molecule has 194 valence electrons. The highest BCUT2D eigenvalue weighted by Gasteiger charge is 2.33. The van der Waals surface area contributed by atoms with Crippen molar-refractivity contribution in [2.45, 2.75) is 71.7 Å². The molecule has 2 N–H and O–H groups in total. The second-order valence-corrected chi connectivity index (χ2v) is 11.3. The van der Waals surface area contributed by atoms with E-state index in [1.807, 2.05) is 30.3 Å². The normalized spacial score (nSPS) is 21.1. The van der Waals surface area contributed by atoms with Crippen molar-refractivity contribution in [2.75, 3.05) is 30.3 Å². The van der Waals surface area contributed by atoms with Crippen molar-refractivity contribution in [3.8, 4) is 0 Å². The summed E-state index contributed by atoms with van der Waals surface area (Å²) in [6.45, 7) is 14.4. The molecule has 1 saturated heterocycles. The summed E-state index contributed by atoms with van der Waals surface area (Å²) >= 11 is 0. The van der Waals surface area contributed by atoms with Crippen LogP contribution in [-0.2, 0) is 11.3 Å². The molecule has 2 aliphatic rings. The summed E-state index contributed by atoms with van der Waals surface area (Å²) in [6.07, 6.45) is 2.23. The topological polar surface area (TPSA) is 73.9 Å². The van der Waals surface area contributed by atoms with Crippen molar-refractivity contribution >= 4 is 23.4 Å². The van der Waals surface area contributed by atoms with Crippen molar-refractivity contribution in [2.24, 2.45) is 5.92 Å². The number of piperazine rings is 1. The first-order valence-electron chi connectivity index (χ1n) is 13.0. The molecular formula is C29H40N4O3. The Balaban J connectivity index is 1.34. The fourth-order valence-corrected chi connectivity index (χ4v) is 4.68. The van der Waals surface area contributed by atoms with Crippen LogP contribution in [0.25, 0.3) is 0 Å². The molecule has 0 aromatic heterocycles. The van der Waals surface area contributed by atoms with Gasteiger partial charge in [0.1, 0.15) is 5.60 Å². The van der Waals surface area contributed by atoms with Gasteiger partial charge in [-0.05, 0) is 83.2 Å². The quantitative estimate of drug-likeness (QED) is 0.527. The van der Waals surface area contributed by atoms with E-state index >= 15 is 0 Å². The minimum Gasteiger partial charge on any atom is -0.444 e. The van der Waals surface area contributed by atoms with Crippen molar-refractivity contribution < 1.29 is 14.3 Å². The Kier molecular flexibility index (Phi) is 8.00. The van der Waals surface area contributed by atoms with Crippen LogP contribution < -0.4 is 10.6 Å². The summed E-state index contributed by atoms with van der Waals surface area (Å²) in [7, 11) is 0. The molecule has 1 aliphatic carbocycles. The maximum Gasteiger partial charge on any atom is 0.412 e. The van der Waals surface area contributed by atoms with Crippen molar-refractivity contribution in [1.29, 1.82) is 0 Å². The van der Waals surface area contributed by atoms with Gasteiger partial charge in [-0.3, -0.25) is 19.9 Å². The van der Waals surface area contributed by atoms with E-state index in [1.165, 1.54) is 24.9 Å². The van der Waals surface area contributed by atoms with Crippen LogP contribution >= 0.6 is 0 Å². The Labute approximate surface area is 215 Å². The minimum absolute atomic E-state index is 0.226. The molecule has 1 heterocycles. The number of hydrogen-bond donors (Lipinski definition) is 2. The van der Waals surface area contributed by atoms with Gasteiger partial charge in [-0.2, -0.15) is 0 Å². The Hall–Kier alpha value is -2.90. The molecule has 2 fully saturated rings. The summed E-state index contributed by atoms with van der Waals surface area (Å²) in [5.41, 5.74) is 2.17. The molecule has 2 amide bonds. The predicted molar refractivity (Wildman–Crippen MR) is 144 cm³/mol. The van der Waals surface area contributed by atoms with Gasteiger partial charge in [0.15, 0.2) is 0 Å². The number of carbonyl (C=O) groups excluding carboxylic acids is 2. The first-order valence-corrected chi connectivity index (χ1v) is 13.0. The number of para-hydroxylation sites is 2. The SMILES string of the molecule is C[C@@H]1CN(Cc2ccc(C(=O)Nc3ccccc3NC(=O)OC(C)(C)C)cc2)[C@@H](C)CN1CC1CC1. The fourth-order valence-electron chi connectivity index (χ4n) is 4.68. The largest absolute Gasteiger partial charge is 0.444 e. The molecule has 7 heteroatoms. The zero-order valence-corrected chi connectivity index (χ0v) is 22.2. The van der Waals surface area contributed by atoms with Gasteiger partial charge in [0.25, 0.3) is 5.91 Å². The molecule has 2 aromatic carbocycles. The van der Waals surface area contributed by atoms with Gasteiger partial charge in [0, 0.05) is 43.8 Å². The highest BCUT2D eigenvalue weighted by molar-refractivity contribution is 6.06. The number of benzene rings is 2. The second kappa shape index (κ2) is 11.0. The maximum absolute atomic E-state index is 12.9. The molecule has 0 radical (unpaired) electrons. The monoisotopic (exact) mass is 492 g/mol. The fraction of sp³-hybridized carbons (Fsp3) is 0.517. The van der Waals surface area contributed by atoms with E-state index in [9.17, 15) is 9.59 Å². The smallest absolute Gasteiger partial charge is 0.412 e. The lowest BCUT2D eigenvalue weighted by atomic mass is 10.1. The lowest BCUT2D eigenvalue weighted by Gasteiger charge is -2.44. The highest BCUT2D eigenvalue weighted by atomic mass is 16.6. The molecule has 1 saturated carbocycles. The summed E-state index contributed by atoms with van der Waals surface area (Å²) < 4.78 is 5.33. The van der Waals surface area contributed by atoms with E-state index in [0.29, 0.717) is 29.0 Å². The van der Waals surface area contributed by atoms with Gasteiger partial charge >= 0.3 is 6.09 Å². The third-order valence-corrected chi connectivity index (χ3v) is 6.85. The Morgan fingerprint density at radius 2 is 1.47 bits per heavy atom. The lowest BCUT2D eigenvalue weighted by molar-refractivity contribution is 0.0350. The van der Waals surface area contributed by atoms with Crippen LogP contribution in [-0.4, -0.2) is 59.1 Å². The average molecular weight is 493 g/mol. The zero-order chi connectivity index (χ0) is 25.9. The van der Waals surface area contributed by atoms with E-state index in [1.54, 1.807) is 39.0 Å². The predicted octanol–water partition coefficient (Wildman–Crippen LogP) is 5.59. The molecule has 0 spiro atoms. The molecule has 2 atom stereocenters. The van der Waals surface area contributed by atoms with E-state index in [0.717, 1.165) is 25.6 Å². The third kappa shape index (κ3) is 7.31. The summed E-state index contributed by atoms with van der Waals surface area (Å²) in [5, 5.41) is 5.63. The minimum atomic E-state index is -0.607. The average Bonchev–Trinajstić information content (AvgIpc) is 3.62. The molecular weight excluding hydrogens is 452 g/mol. The number of nitrogens with one attached hydrogen (secondary N) is 2. The third-order valence-electron chi connectivity index (χ3n) is 6.85. The van der Waals surface area contributed by atoms with Gasteiger partial charge in [-0.25, -0.2) is 4.79 Å². The standard InChI is InChI=1S/C29H40N4O3/c1-20-17-33(21(2)16-32(20)18-22-10-11-22)19-23-12-14-24(15-13-23)27(34)30-25-8-6-7-9-26(25)31-28(35)36-29(3,4)5/h6-9,12-15,20-22H,10-11,16-19H2,1-5H3,(H,30,34)(H,31,35)/t20-,21+/m1/s1. The Morgan fingerprint density at radius 3 is 2.08 bits per heavy atom. The van der Waals surface area contributed by atoms with Crippen molar-refractivity contribution in [1.82, 2.24) is 9.80 Å². The molecule has 1 aliphatic heterocycles.